The molecule has 1 heterocycles. The van der Waals surface area contributed by atoms with Crippen LogP contribution in [0.15, 0.2) is 4.99 Å². The van der Waals surface area contributed by atoms with E-state index in [-0.39, 0.29) is 0 Å². The van der Waals surface area contributed by atoms with Gasteiger partial charge in [0.25, 0.3) is 0 Å². The van der Waals surface area contributed by atoms with E-state index in [0.717, 1.165) is 38.6 Å². The highest BCUT2D eigenvalue weighted by molar-refractivity contribution is 5.80. The Morgan fingerprint density at radius 3 is 2.46 bits per heavy atom. The molecule has 13 heavy (non-hydrogen) atoms. The van der Waals surface area contributed by atoms with Gasteiger partial charge in [0.05, 0.1) is 0 Å². The first-order chi connectivity index (χ1) is 6.27. The van der Waals surface area contributed by atoms with Crippen LogP contribution in [0.1, 0.15) is 13.8 Å². The predicted octanol–water partition coefficient (Wildman–Crippen LogP) is 0.523. The van der Waals surface area contributed by atoms with Gasteiger partial charge in [0.2, 0.25) is 6.19 Å². The highest BCUT2D eigenvalue weighted by Crippen LogP contribution is 2.01. The zero-order chi connectivity index (χ0) is 9.68. The molecule has 72 valence electrons. The average molecular weight is 180 g/mol. The first kappa shape index (κ1) is 10.0. The van der Waals surface area contributed by atoms with Gasteiger partial charge < -0.3 is 9.80 Å². The Morgan fingerprint density at radius 2 is 2.00 bits per heavy atom. The fraction of sp³-hybridized carbons (Fsp3) is 0.778. The van der Waals surface area contributed by atoms with Crippen molar-refractivity contribution in [3.05, 3.63) is 0 Å². The molecule has 1 aliphatic heterocycles. The van der Waals surface area contributed by atoms with Crippen LogP contribution in [0.3, 0.4) is 0 Å². The van der Waals surface area contributed by atoms with Crippen molar-refractivity contribution < 1.29 is 0 Å². The number of hydrogen-bond acceptors (Lipinski definition) is 3. The van der Waals surface area contributed by atoms with Crippen molar-refractivity contribution >= 4 is 5.84 Å². The highest BCUT2D eigenvalue weighted by atomic mass is 15.3. The fourth-order valence-electron chi connectivity index (χ4n) is 1.53. The molecule has 0 N–H and O–H groups in total. The zero-order valence-corrected chi connectivity index (χ0v) is 8.32. The molecule has 4 heteroatoms. The van der Waals surface area contributed by atoms with Crippen LogP contribution in [0.4, 0.5) is 0 Å². The van der Waals surface area contributed by atoms with Gasteiger partial charge in [-0.15, -0.1) is 0 Å². The van der Waals surface area contributed by atoms with Crippen LogP contribution < -0.4 is 0 Å². The second kappa shape index (κ2) is 4.83. The molecule has 1 fully saturated rings. The maximum atomic E-state index is 8.39. The van der Waals surface area contributed by atoms with Crippen molar-refractivity contribution in [1.82, 2.24) is 9.80 Å². The van der Waals surface area contributed by atoms with E-state index in [1.54, 1.807) is 0 Å². The van der Waals surface area contributed by atoms with Crippen molar-refractivity contribution in [3.63, 3.8) is 0 Å². The number of nitrogens with zero attached hydrogens (tertiary/aromatic N) is 4. The Bertz CT molecular complexity index is 220. The van der Waals surface area contributed by atoms with E-state index in [4.69, 9.17) is 5.26 Å². The van der Waals surface area contributed by atoms with Crippen molar-refractivity contribution in [2.45, 2.75) is 13.8 Å². The molecule has 1 aliphatic rings. The van der Waals surface area contributed by atoms with Gasteiger partial charge in [-0.2, -0.15) is 10.3 Å². The van der Waals surface area contributed by atoms with E-state index in [1.165, 1.54) is 0 Å². The Kier molecular flexibility index (Phi) is 3.71. The summed E-state index contributed by atoms with van der Waals surface area (Å²) in [4.78, 5) is 8.29. The summed E-state index contributed by atoms with van der Waals surface area (Å²) in [6, 6.07) is 0. The summed E-state index contributed by atoms with van der Waals surface area (Å²) < 4.78 is 0. The first-order valence-corrected chi connectivity index (χ1v) is 4.68. The molecule has 0 aliphatic carbocycles. The molecule has 0 unspecified atom stereocenters. The van der Waals surface area contributed by atoms with Gasteiger partial charge in [-0.05, 0) is 13.5 Å². The van der Waals surface area contributed by atoms with Gasteiger partial charge in [0.15, 0.2) is 0 Å². The van der Waals surface area contributed by atoms with Crippen molar-refractivity contribution in [3.8, 4) is 6.19 Å². The molecule has 0 aromatic carbocycles. The van der Waals surface area contributed by atoms with Crippen LogP contribution in [0, 0.1) is 11.5 Å². The first-order valence-electron chi connectivity index (χ1n) is 4.68. The molecule has 0 saturated carbocycles. The lowest BCUT2D eigenvalue weighted by Gasteiger charge is -2.34. The second-order valence-electron chi connectivity index (χ2n) is 3.18. The molecular weight excluding hydrogens is 164 g/mol. The molecule has 0 aromatic rings. The predicted molar refractivity (Wildman–Crippen MR) is 52.4 cm³/mol. The Hall–Kier alpha value is -1.08. The Morgan fingerprint density at radius 1 is 1.38 bits per heavy atom. The van der Waals surface area contributed by atoms with Crippen LogP contribution in [-0.2, 0) is 0 Å². The number of aliphatic imine (C=N–C) groups is 1. The van der Waals surface area contributed by atoms with Gasteiger partial charge in [-0.1, -0.05) is 6.92 Å². The lowest BCUT2D eigenvalue weighted by molar-refractivity contribution is 0.189. The molecule has 1 rings (SSSR count). The number of hydrogen-bond donors (Lipinski definition) is 0. The normalized spacial score (nSPS) is 20.1. The maximum Gasteiger partial charge on any atom is 0.207 e. The van der Waals surface area contributed by atoms with Gasteiger partial charge in [-0.3, -0.25) is 0 Å². The third-order valence-electron chi connectivity index (χ3n) is 2.49. The molecule has 0 bridgehead atoms. The lowest BCUT2D eigenvalue weighted by Crippen LogP contribution is -2.47. The zero-order valence-electron chi connectivity index (χ0n) is 8.32. The van der Waals surface area contributed by atoms with Gasteiger partial charge in [-0.25, -0.2) is 0 Å². The van der Waals surface area contributed by atoms with E-state index in [9.17, 15) is 0 Å². The number of nitriles is 1. The van der Waals surface area contributed by atoms with E-state index in [0.29, 0.717) is 0 Å². The van der Waals surface area contributed by atoms with E-state index >= 15 is 0 Å². The van der Waals surface area contributed by atoms with E-state index < -0.39 is 0 Å². The standard InChI is InChI=1S/C9H16N4/c1-3-12-4-6-13(7-5-12)9(2)11-8-10/h3-7H2,1-2H3/b11-9-. The molecule has 0 radical (unpaired) electrons. The molecule has 0 aromatic heterocycles. The minimum atomic E-state index is 0.846. The summed E-state index contributed by atoms with van der Waals surface area (Å²) in [5, 5.41) is 8.39. The lowest BCUT2D eigenvalue weighted by atomic mass is 10.3. The fourth-order valence-corrected chi connectivity index (χ4v) is 1.53. The maximum absolute atomic E-state index is 8.39. The molecule has 4 nitrogen and oxygen atoms in total. The number of rotatable bonds is 1. The summed E-state index contributed by atoms with van der Waals surface area (Å²) >= 11 is 0. The third-order valence-corrected chi connectivity index (χ3v) is 2.49. The van der Waals surface area contributed by atoms with Gasteiger partial charge in [0.1, 0.15) is 5.84 Å². The monoisotopic (exact) mass is 180 g/mol. The molecular formula is C9H16N4. The third kappa shape index (κ3) is 2.71. The highest BCUT2D eigenvalue weighted by Gasteiger charge is 2.15. The van der Waals surface area contributed by atoms with E-state index in [1.807, 2.05) is 13.1 Å². The Balaban J connectivity index is 2.42. The summed E-state index contributed by atoms with van der Waals surface area (Å²) in [7, 11) is 0. The summed E-state index contributed by atoms with van der Waals surface area (Å²) in [5.41, 5.74) is 0. The van der Waals surface area contributed by atoms with Crippen LogP contribution in [0.2, 0.25) is 0 Å². The molecule has 0 spiro atoms. The molecule has 0 amide bonds. The minimum absolute atomic E-state index is 0.846. The van der Waals surface area contributed by atoms with Gasteiger partial charge in [0, 0.05) is 26.2 Å². The SMILES string of the molecule is CCN1CCN(/C(C)=N\C#N)CC1. The molecule has 1 saturated heterocycles. The van der Waals surface area contributed by atoms with Crippen LogP contribution >= 0.6 is 0 Å². The van der Waals surface area contributed by atoms with Crippen molar-refractivity contribution in [1.29, 1.82) is 5.26 Å². The number of piperazine rings is 1. The number of likely N-dealkylation sites (N-methyl/N-ethyl adjacent to an activating group) is 1. The van der Waals surface area contributed by atoms with Crippen molar-refractivity contribution in [2.75, 3.05) is 32.7 Å². The molecule has 0 atom stereocenters. The second-order valence-corrected chi connectivity index (χ2v) is 3.18. The largest absolute Gasteiger partial charge is 0.357 e. The average Bonchev–Trinajstić information content (AvgIpc) is 2.18. The topological polar surface area (TPSA) is 42.6 Å². The van der Waals surface area contributed by atoms with E-state index in [2.05, 4.69) is 21.7 Å². The van der Waals surface area contributed by atoms with Crippen LogP contribution in [0.5, 0.6) is 0 Å². The quantitative estimate of drug-likeness (QED) is 0.336. The summed E-state index contributed by atoms with van der Waals surface area (Å²) in [6.07, 6.45) is 1.82. The number of amidine groups is 1. The van der Waals surface area contributed by atoms with Gasteiger partial charge >= 0.3 is 0 Å². The van der Waals surface area contributed by atoms with Crippen LogP contribution in [-0.4, -0.2) is 48.4 Å². The minimum Gasteiger partial charge on any atom is -0.357 e. The van der Waals surface area contributed by atoms with Crippen molar-refractivity contribution in [2.24, 2.45) is 4.99 Å². The van der Waals surface area contributed by atoms with Crippen LogP contribution in [0.25, 0.3) is 0 Å². The smallest absolute Gasteiger partial charge is 0.207 e. The Labute approximate surface area is 79.5 Å². The summed E-state index contributed by atoms with van der Waals surface area (Å²) in [6.45, 7) is 9.32. The summed E-state index contributed by atoms with van der Waals surface area (Å²) in [5.74, 6) is 0.846.